The van der Waals surface area contributed by atoms with Crippen LogP contribution in [0.25, 0.3) is 10.8 Å². The number of hydrogen-bond donors (Lipinski definition) is 1. The van der Waals surface area contributed by atoms with Gasteiger partial charge in [0, 0.05) is 12.6 Å². The molecule has 0 unspecified atom stereocenters. The van der Waals surface area contributed by atoms with Crippen molar-refractivity contribution < 1.29 is 33.3 Å². The Balaban J connectivity index is 2.29. The Morgan fingerprint density at radius 3 is 1.94 bits per heavy atom. The Kier molecular flexibility index (Phi) is 6.86. The molecule has 172 valence electrons. The SMILES string of the molecule is COc1ccc(NC(=O)[C@@](OC(C)=O)(C(C)=O)c2c(OC)ccc3ccc(OC)cc23)cc1. The van der Waals surface area contributed by atoms with E-state index >= 15 is 0 Å². The Labute approximate surface area is 191 Å². The van der Waals surface area contributed by atoms with Gasteiger partial charge in [0.1, 0.15) is 17.2 Å². The smallest absolute Gasteiger partial charge is 0.304 e. The van der Waals surface area contributed by atoms with Crippen LogP contribution in [0, 0.1) is 0 Å². The standard InChI is InChI=1S/C25H25NO7/c1-15(27)25(33-16(2)28,24(29)26-18-8-11-19(30-3)12-9-18)23-21-14-20(31-4)10-6-17(21)7-13-22(23)32-5/h6-14H,1-5H3,(H,26,29)/t25-/m1/s1. The molecular weight excluding hydrogens is 426 g/mol. The van der Waals surface area contributed by atoms with Crippen LogP contribution in [0.1, 0.15) is 19.4 Å². The fourth-order valence-corrected chi connectivity index (χ4v) is 3.67. The van der Waals surface area contributed by atoms with Gasteiger partial charge < -0.3 is 24.3 Å². The molecule has 0 aliphatic heterocycles. The summed E-state index contributed by atoms with van der Waals surface area (Å²) in [5.74, 6) is -1.06. The second kappa shape index (κ2) is 9.60. The summed E-state index contributed by atoms with van der Waals surface area (Å²) in [4.78, 5) is 39.1. The minimum atomic E-state index is -2.32. The molecule has 0 radical (unpaired) electrons. The Hall–Kier alpha value is -4.07. The van der Waals surface area contributed by atoms with Crippen LogP contribution >= 0.6 is 0 Å². The van der Waals surface area contributed by atoms with E-state index in [0.717, 1.165) is 6.92 Å². The molecule has 0 fully saturated rings. The van der Waals surface area contributed by atoms with Crippen molar-refractivity contribution in [2.24, 2.45) is 0 Å². The average molecular weight is 451 g/mol. The Morgan fingerprint density at radius 1 is 0.788 bits per heavy atom. The Morgan fingerprint density at radius 2 is 1.39 bits per heavy atom. The molecule has 8 nitrogen and oxygen atoms in total. The molecule has 0 saturated carbocycles. The van der Waals surface area contributed by atoms with Crippen LogP contribution in [0.5, 0.6) is 17.2 Å². The van der Waals surface area contributed by atoms with E-state index in [1.165, 1.54) is 28.3 Å². The number of carbonyl (C=O) groups excluding carboxylic acids is 3. The lowest BCUT2D eigenvalue weighted by molar-refractivity contribution is -0.171. The van der Waals surface area contributed by atoms with E-state index in [1.54, 1.807) is 54.6 Å². The number of amides is 1. The van der Waals surface area contributed by atoms with E-state index in [1.807, 2.05) is 0 Å². The highest BCUT2D eigenvalue weighted by Crippen LogP contribution is 2.42. The lowest BCUT2D eigenvalue weighted by Gasteiger charge is -2.32. The summed E-state index contributed by atoms with van der Waals surface area (Å²) in [7, 11) is 4.43. The fraction of sp³-hybridized carbons (Fsp3) is 0.240. The van der Waals surface area contributed by atoms with E-state index in [4.69, 9.17) is 18.9 Å². The van der Waals surface area contributed by atoms with Gasteiger partial charge in [-0.15, -0.1) is 0 Å². The molecule has 0 bridgehead atoms. The van der Waals surface area contributed by atoms with Crippen LogP contribution in [-0.2, 0) is 24.7 Å². The van der Waals surface area contributed by atoms with Gasteiger partial charge in [-0.3, -0.25) is 14.4 Å². The number of ether oxygens (including phenoxy) is 4. The highest BCUT2D eigenvalue weighted by molar-refractivity contribution is 6.18. The maximum Gasteiger partial charge on any atom is 0.304 e. The third-order valence-corrected chi connectivity index (χ3v) is 5.22. The number of nitrogens with one attached hydrogen (secondary N) is 1. The number of fused-ring (bicyclic) bond motifs is 1. The van der Waals surface area contributed by atoms with Gasteiger partial charge in [-0.25, -0.2) is 0 Å². The summed E-state index contributed by atoms with van der Waals surface area (Å²) in [5, 5.41) is 3.85. The minimum absolute atomic E-state index is 0.107. The summed E-state index contributed by atoms with van der Waals surface area (Å²) >= 11 is 0. The van der Waals surface area contributed by atoms with Gasteiger partial charge >= 0.3 is 5.97 Å². The van der Waals surface area contributed by atoms with Crippen LogP contribution in [0.3, 0.4) is 0 Å². The lowest BCUT2D eigenvalue weighted by atomic mass is 9.84. The molecule has 3 rings (SSSR count). The number of anilines is 1. The maximum absolute atomic E-state index is 13.7. The molecule has 0 aromatic heterocycles. The summed E-state index contributed by atoms with van der Waals surface area (Å²) in [6.07, 6.45) is 0. The molecule has 0 aliphatic rings. The van der Waals surface area contributed by atoms with E-state index < -0.39 is 23.3 Å². The number of esters is 1. The summed E-state index contributed by atoms with van der Waals surface area (Å²) in [5.41, 5.74) is -1.83. The zero-order valence-corrected chi connectivity index (χ0v) is 19.1. The van der Waals surface area contributed by atoms with Crippen molar-refractivity contribution in [2.45, 2.75) is 19.4 Å². The number of methoxy groups -OCH3 is 3. The molecule has 0 saturated heterocycles. The third-order valence-electron chi connectivity index (χ3n) is 5.22. The molecule has 1 N–H and O–H groups in total. The molecule has 0 spiro atoms. The molecule has 3 aromatic carbocycles. The number of ketones is 1. The minimum Gasteiger partial charge on any atom is -0.497 e. The van der Waals surface area contributed by atoms with Gasteiger partial charge in [0.25, 0.3) is 11.5 Å². The van der Waals surface area contributed by atoms with E-state index in [2.05, 4.69) is 5.32 Å². The number of benzene rings is 3. The predicted octanol–water partition coefficient (Wildman–Crippen LogP) is 3.85. The quantitative estimate of drug-likeness (QED) is 0.410. The molecule has 0 heterocycles. The van der Waals surface area contributed by atoms with Crippen molar-refractivity contribution in [3.63, 3.8) is 0 Å². The van der Waals surface area contributed by atoms with Crippen LogP contribution < -0.4 is 19.5 Å². The second-order valence-corrected chi connectivity index (χ2v) is 7.24. The van der Waals surface area contributed by atoms with Gasteiger partial charge in [-0.1, -0.05) is 12.1 Å². The van der Waals surface area contributed by atoms with Crippen LogP contribution in [0.4, 0.5) is 5.69 Å². The van der Waals surface area contributed by atoms with Gasteiger partial charge in [0.2, 0.25) is 0 Å². The van der Waals surface area contributed by atoms with Crippen LogP contribution in [-0.4, -0.2) is 39.0 Å². The van der Waals surface area contributed by atoms with Crippen molar-refractivity contribution in [3.05, 3.63) is 60.2 Å². The summed E-state index contributed by atoms with van der Waals surface area (Å²) in [6.45, 7) is 2.32. The molecule has 0 aliphatic carbocycles. The Bertz CT molecular complexity index is 1200. The van der Waals surface area contributed by atoms with Crippen LogP contribution in [0.2, 0.25) is 0 Å². The zero-order valence-electron chi connectivity index (χ0n) is 19.1. The van der Waals surface area contributed by atoms with Gasteiger partial charge in [-0.2, -0.15) is 0 Å². The second-order valence-electron chi connectivity index (χ2n) is 7.24. The first-order valence-corrected chi connectivity index (χ1v) is 10.1. The van der Waals surface area contributed by atoms with Crippen molar-refractivity contribution in [1.82, 2.24) is 0 Å². The monoisotopic (exact) mass is 451 g/mol. The van der Waals surface area contributed by atoms with E-state index in [0.29, 0.717) is 28.0 Å². The third kappa shape index (κ3) is 4.45. The topological polar surface area (TPSA) is 100 Å². The maximum atomic E-state index is 13.7. The van der Waals surface area contributed by atoms with Crippen molar-refractivity contribution in [1.29, 1.82) is 0 Å². The fourth-order valence-electron chi connectivity index (χ4n) is 3.67. The molecular formula is C25H25NO7. The van der Waals surface area contributed by atoms with E-state index in [9.17, 15) is 14.4 Å². The molecule has 3 aromatic rings. The highest BCUT2D eigenvalue weighted by atomic mass is 16.6. The van der Waals surface area contributed by atoms with Crippen molar-refractivity contribution in [2.75, 3.05) is 26.6 Å². The first-order chi connectivity index (χ1) is 15.8. The highest BCUT2D eigenvalue weighted by Gasteiger charge is 2.52. The summed E-state index contributed by atoms with van der Waals surface area (Å²) < 4.78 is 21.5. The van der Waals surface area contributed by atoms with Crippen molar-refractivity contribution in [3.8, 4) is 17.2 Å². The van der Waals surface area contributed by atoms with Gasteiger partial charge in [0.05, 0.1) is 26.9 Å². The normalized spacial score (nSPS) is 12.4. The van der Waals surface area contributed by atoms with E-state index in [-0.39, 0.29) is 11.3 Å². The number of rotatable bonds is 8. The first-order valence-electron chi connectivity index (χ1n) is 10.1. The molecule has 33 heavy (non-hydrogen) atoms. The first kappa shape index (κ1) is 23.6. The number of Topliss-reactive ketones (excluding diaryl/α,β-unsaturated/α-hetero) is 1. The molecule has 1 amide bonds. The largest absolute Gasteiger partial charge is 0.497 e. The van der Waals surface area contributed by atoms with Crippen molar-refractivity contribution >= 4 is 34.1 Å². The van der Waals surface area contributed by atoms with Gasteiger partial charge in [-0.05, 0) is 60.2 Å². The van der Waals surface area contributed by atoms with Gasteiger partial charge in [0.15, 0.2) is 5.78 Å². The lowest BCUT2D eigenvalue weighted by Crippen LogP contribution is -2.49. The predicted molar refractivity (Wildman–Crippen MR) is 123 cm³/mol. The van der Waals surface area contributed by atoms with Crippen LogP contribution in [0.15, 0.2) is 54.6 Å². The number of carbonyl (C=O) groups is 3. The molecule has 1 atom stereocenters. The zero-order chi connectivity index (χ0) is 24.2. The average Bonchev–Trinajstić information content (AvgIpc) is 2.81. The summed E-state index contributed by atoms with van der Waals surface area (Å²) in [6, 6.07) is 15.1. The number of hydrogen-bond acceptors (Lipinski definition) is 7. The molecule has 8 heteroatoms.